The summed E-state index contributed by atoms with van der Waals surface area (Å²) in [6.07, 6.45) is 7.35. The number of carbonyl (C=O) groups excluding carboxylic acids is 1. The molecule has 0 aromatic heterocycles. The van der Waals surface area contributed by atoms with Crippen molar-refractivity contribution in [3.05, 3.63) is 0 Å². The first-order valence-electron chi connectivity index (χ1n) is 8.25. The third-order valence-electron chi connectivity index (χ3n) is 5.70. The highest BCUT2D eigenvalue weighted by molar-refractivity contribution is 5.83. The van der Waals surface area contributed by atoms with Gasteiger partial charge < -0.3 is 9.47 Å². The molecule has 2 heterocycles. The molecule has 0 bridgehead atoms. The van der Waals surface area contributed by atoms with Crippen molar-refractivity contribution in [2.75, 3.05) is 19.8 Å². The Morgan fingerprint density at radius 1 is 1.00 bits per heavy atom. The molecule has 2 saturated heterocycles. The Labute approximate surface area is 122 Å². The predicted octanol–water partition coefficient (Wildman–Crippen LogP) is 3.36. The second-order valence-corrected chi connectivity index (χ2v) is 7.86. The molecule has 1 spiro atoms. The van der Waals surface area contributed by atoms with Gasteiger partial charge in [0.1, 0.15) is 5.78 Å². The molecule has 0 aromatic rings. The molecule has 1 aliphatic carbocycles. The summed E-state index contributed by atoms with van der Waals surface area (Å²) >= 11 is 0. The van der Waals surface area contributed by atoms with Crippen molar-refractivity contribution in [2.24, 2.45) is 17.3 Å². The summed E-state index contributed by atoms with van der Waals surface area (Å²) in [6.45, 7) is 6.87. The van der Waals surface area contributed by atoms with Crippen LogP contribution in [-0.2, 0) is 14.3 Å². The monoisotopic (exact) mass is 280 g/mol. The minimum Gasteiger partial charge on any atom is -0.378 e. The first-order chi connectivity index (χ1) is 9.50. The van der Waals surface area contributed by atoms with Gasteiger partial charge in [-0.05, 0) is 43.9 Å². The van der Waals surface area contributed by atoms with Crippen molar-refractivity contribution < 1.29 is 14.3 Å². The Kier molecular flexibility index (Phi) is 3.93. The van der Waals surface area contributed by atoms with Crippen LogP contribution in [0.4, 0.5) is 0 Å². The second kappa shape index (κ2) is 5.42. The Bertz CT molecular complexity index is 358. The van der Waals surface area contributed by atoms with E-state index in [1.54, 1.807) is 0 Å². The highest BCUT2D eigenvalue weighted by Gasteiger charge is 2.44. The fourth-order valence-electron chi connectivity index (χ4n) is 4.15. The lowest BCUT2D eigenvalue weighted by atomic mass is 9.69. The Morgan fingerprint density at radius 3 is 2.40 bits per heavy atom. The summed E-state index contributed by atoms with van der Waals surface area (Å²) in [5.41, 5.74) is 0.305. The van der Waals surface area contributed by atoms with Crippen molar-refractivity contribution in [3.8, 4) is 0 Å². The molecule has 0 aromatic carbocycles. The van der Waals surface area contributed by atoms with Crippen molar-refractivity contribution in [2.45, 2.75) is 64.4 Å². The molecule has 3 aliphatic rings. The lowest BCUT2D eigenvalue weighted by molar-refractivity contribution is -0.142. The van der Waals surface area contributed by atoms with Gasteiger partial charge in [-0.25, -0.2) is 0 Å². The maximum absolute atomic E-state index is 12.8. The van der Waals surface area contributed by atoms with Crippen LogP contribution in [-0.4, -0.2) is 31.2 Å². The molecule has 114 valence electrons. The largest absolute Gasteiger partial charge is 0.378 e. The molecule has 0 N–H and O–H groups in total. The molecular formula is C17H28O3. The first-order valence-corrected chi connectivity index (χ1v) is 8.25. The molecule has 3 fully saturated rings. The highest BCUT2D eigenvalue weighted by atomic mass is 16.6. The summed E-state index contributed by atoms with van der Waals surface area (Å²) in [4.78, 5) is 12.8. The third kappa shape index (κ3) is 2.94. The van der Waals surface area contributed by atoms with Crippen molar-refractivity contribution >= 4 is 5.78 Å². The molecule has 1 saturated carbocycles. The summed E-state index contributed by atoms with van der Waals surface area (Å²) in [5.74, 6) is 1.05. The fourth-order valence-corrected chi connectivity index (χ4v) is 4.15. The van der Waals surface area contributed by atoms with E-state index in [1.165, 1.54) is 12.8 Å². The number of ether oxygens (including phenoxy) is 2. The highest BCUT2D eigenvalue weighted by Crippen LogP contribution is 2.42. The molecule has 3 rings (SSSR count). The van der Waals surface area contributed by atoms with Gasteiger partial charge in [0.2, 0.25) is 0 Å². The average Bonchev–Trinajstić information content (AvgIpc) is 2.86. The molecule has 2 unspecified atom stereocenters. The number of hydrogen-bond acceptors (Lipinski definition) is 3. The predicted molar refractivity (Wildman–Crippen MR) is 77.6 cm³/mol. The van der Waals surface area contributed by atoms with Crippen LogP contribution in [0.3, 0.4) is 0 Å². The summed E-state index contributed by atoms with van der Waals surface area (Å²) in [5, 5.41) is 0. The minimum absolute atomic E-state index is 0.132. The van der Waals surface area contributed by atoms with E-state index >= 15 is 0 Å². The van der Waals surface area contributed by atoms with E-state index in [0.717, 1.165) is 45.3 Å². The van der Waals surface area contributed by atoms with Crippen LogP contribution < -0.4 is 0 Å². The molecule has 2 aliphatic heterocycles. The first kappa shape index (κ1) is 14.5. The van der Waals surface area contributed by atoms with Gasteiger partial charge in [0.05, 0.1) is 12.2 Å². The van der Waals surface area contributed by atoms with Gasteiger partial charge in [-0.2, -0.15) is 0 Å². The van der Waals surface area contributed by atoms with Crippen LogP contribution >= 0.6 is 0 Å². The Balaban J connectivity index is 1.60. The second-order valence-electron chi connectivity index (χ2n) is 7.86. The quantitative estimate of drug-likeness (QED) is 0.778. The fraction of sp³-hybridized carbons (Fsp3) is 0.941. The summed E-state index contributed by atoms with van der Waals surface area (Å²) < 4.78 is 11.5. The van der Waals surface area contributed by atoms with Crippen LogP contribution in [0.5, 0.6) is 0 Å². The summed E-state index contributed by atoms with van der Waals surface area (Å²) in [7, 11) is 0. The molecule has 0 amide bonds. The smallest absolute Gasteiger partial charge is 0.139 e. The maximum Gasteiger partial charge on any atom is 0.139 e. The lowest BCUT2D eigenvalue weighted by Gasteiger charge is -2.39. The van der Waals surface area contributed by atoms with Crippen LogP contribution in [0.1, 0.15) is 58.8 Å². The number of carbonyl (C=O) groups is 1. The minimum atomic E-state index is -0.132. The molecular weight excluding hydrogens is 252 g/mol. The van der Waals surface area contributed by atoms with Crippen molar-refractivity contribution in [1.82, 2.24) is 0 Å². The van der Waals surface area contributed by atoms with E-state index in [4.69, 9.17) is 9.47 Å². The van der Waals surface area contributed by atoms with E-state index < -0.39 is 0 Å². The molecule has 3 heteroatoms. The number of rotatable bonds is 2. The molecule has 0 radical (unpaired) electrons. The zero-order chi connectivity index (χ0) is 14.2. The topological polar surface area (TPSA) is 35.5 Å². The van der Waals surface area contributed by atoms with Gasteiger partial charge in [-0.15, -0.1) is 0 Å². The van der Waals surface area contributed by atoms with Gasteiger partial charge in [0, 0.05) is 31.5 Å². The van der Waals surface area contributed by atoms with E-state index in [2.05, 4.69) is 13.8 Å². The van der Waals surface area contributed by atoms with Gasteiger partial charge in [0.25, 0.3) is 0 Å². The zero-order valence-corrected chi connectivity index (χ0v) is 13.0. The van der Waals surface area contributed by atoms with Crippen LogP contribution in [0.15, 0.2) is 0 Å². The maximum atomic E-state index is 12.8. The number of Topliss-reactive ketones (excluding diaryl/α,β-unsaturated/α-hetero) is 1. The van der Waals surface area contributed by atoms with Crippen LogP contribution in [0.2, 0.25) is 0 Å². The standard InChI is InChI=1S/C17H28O3/c1-16(2)6-3-13(4-7-16)15(18)14-5-9-20-17(11-14)8-10-19-12-17/h13-14H,3-12H2,1-2H3. The van der Waals surface area contributed by atoms with Gasteiger partial charge >= 0.3 is 0 Å². The normalized spacial score (nSPS) is 38.2. The molecule has 20 heavy (non-hydrogen) atoms. The number of hydrogen-bond donors (Lipinski definition) is 0. The van der Waals surface area contributed by atoms with Gasteiger partial charge in [-0.1, -0.05) is 13.8 Å². The Hall–Kier alpha value is -0.410. The summed E-state index contributed by atoms with van der Waals surface area (Å²) in [6, 6.07) is 0. The zero-order valence-electron chi connectivity index (χ0n) is 13.0. The third-order valence-corrected chi connectivity index (χ3v) is 5.70. The van der Waals surface area contributed by atoms with Crippen molar-refractivity contribution in [1.29, 1.82) is 0 Å². The van der Waals surface area contributed by atoms with Crippen molar-refractivity contribution in [3.63, 3.8) is 0 Å². The van der Waals surface area contributed by atoms with E-state index in [0.29, 0.717) is 23.7 Å². The van der Waals surface area contributed by atoms with Gasteiger partial charge in [0.15, 0.2) is 0 Å². The number of ketones is 1. The lowest BCUT2D eigenvalue weighted by Crippen LogP contribution is -2.44. The molecule has 2 atom stereocenters. The SMILES string of the molecule is CC1(C)CCC(C(=O)C2CCOC3(CCOC3)C2)CC1. The van der Waals surface area contributed by atoms with Crippen LogP contribution in [0.25, 0.3) is 0 Å². The van der Waals surface area contributed by atoms with Crippen LogP contribution in [0, 0.1) is 17.3 Å². The van der Waals surface area contributed by atoms with E-state index in [1.807, 2.05) is 0 Å². The Morgan fingerprint density at radius 2 is 1.75 bits per heavy atom. The average molecular weight is 280 g/mol. The van der Waals surface area contributed by atoms with E-state index in [9.17, 15) is 4.79 Å². The van der Waals surface area contributed by atoms with Gasteiger partial charge in [-0.3, -0.25) is 4.79 Å². The van der Waals surface area contributed by atoms with E-state index in [-0.39, 0.29) is 11.5 Å². The molecule has 3 nitrogen and oxygen atoms in total.